The molecule has 20 heavy (non-hydrogen) atoms. The summed E-state index contributed by atoms with van der Waals surface area (Å²) in [5.41, 5.74) is 10.3. The summed E-state index contributed by atoms with van der Waals surface area (Å²) in [5.74, 6) is 1.03. The molecule has 0 radical (unpaired) electrons. The van der Waals surface area contributed by atoms with Crippen LogP contribution in [0.5, 0.6) is 5.75 Å². The molecule has 0 amide bonds. The highest BCUT2D eigenvalue weighted by Gasteiger charge is 2.27. The Kier molecular flexibility index (Phi) is 2.81. The minimum Gasteiger partial charge on any atom is -0.493 e. The van der Waals surface area contributed by atoms with Crippen molar-refractivity contribution in [3.05, 3.63) is 53.3 Å². The molecular formula is C17H20N2O. The maximum atomic E-state index is 6.25. The van der Waals surface area contributed by atoms with Gasteiger partial charge >= 0.3 is 0 Å². The standard InChI is InChI=1S/C17H20N2O/c18-14-5-3-6-15-12(14)8-10-19(15)16-9-11-20-17-7-2-1-4-13(16)17/h1-2,4,7-8,10,14,16H,3,5-6,9,11,18H2. The molecule has 0 bridgehead atoms. The molecule has 104 valence electrons. The van der Waals surface area contributed by atoms with E-state index >= 15 is 0 Å². The molecule has 0 saturated carbocycles. The first kappa shape index (κ1) is 12.0. The molecule has 2 heterocycles. The Balaban J connectivity index is 1.80. The molecular weight excluding hydrogens is 248 g/mol. The van der Waals surface area contributed by atoms with E-state index in [2.05, 4.69) is 35.0 Å². The van der Waals surface area contributed by atoms with Gasteiger partial charge in [-0.3, -0.25) is 0 Å². The molecule has 3 heteroatoms. The van der Waals surface area contributed by atoms with E-state index in [-0.39, 0.29) is 6.04 Å². The smallest absolute Gasteiger partial charge is 0.124 e. The van der Waals surface area contributed by atoms with E-state index in [4.69, 9.17) is 10.5 Å². The molecule has 0 saturated heterocycles. The lowest BCUT2D eigenvalue weighted by Crippen LogP contribution is -2.24. The van der Waals surface area contributed by atoms with Gasteiger partial charge < -0.3 is 15.0 Å². The minimum atomic E-state index is 0.218. The quantitative estimate of drug-likeness (QED) is 0.862. The average Bonchev–Trinajstić information content (AvgIpc) is 2.92. The maximum Gasteiger partial charge on any atom is 0.124 e. The molecule has 2 N–H and O–H groups in total. The van der Waals surface area contributed by atoms with Crippen molar-refractivity contribution in [3.63, 3.8) is 0 Å². The number of benzene rings is 1. The number of nitrogens with zero attached hydrogens (tertiary/aromatic N) is 1. The number of hydrogen-bond acceptors (Lipinski definition) is 2. The van der Waals surface area contributed by atoms with Gasteiger partial charge in [-0.15, -0.1) is 0 Å². The highest BCUT2D eigenvalue weighted by molar-refractivity contribution is 5.40. The van der Waals surface area contributed by atoms with Crippen molar-refractivity contribution in [2.45, 2.75) is 37.8 Å². The summed E-state index contributed by atoms with van der Waals surface area (Å²) in [6.45, 7) is 0.792. The van der Waals surface area contributed by atoms with Crippen LogP contribution in [0.4, 0.5) is 0 Å². The molecule has 1 aliphatic carbocycles. The predicted molar refractivity (Wildman–Crippen MR) is 79.0 cm³/mol. The Morgan fingerprint density at radius 1 is 1.10 bits per heavy atom. The molecule has 1 aliphatic heterocycles. The van der Waals surface area contributed by atoms with E-state index in [1.165, 1.54) is 23.2 Å². The van der Waals surface area contributed by atoms with Gasteiger partial charge in [0.2, 0.25) is 0 Å². The number of fused-ring (bicyclic) bond motifs is 2. The van der Waals surface area contributed by atoms with Gasteiger partial charge in [-0.05, 0) is 37.0 Å². The summed E-state index contributed by atoms with van der Waals surface area (Å²) in [6.07, 6.45) is 6.72. The van der Waals surface area contributed by atoms with Crippen LogP contribution in [0.2, 0.25) is 0 Å². The molecule has 2 atom stereocenters. The molecule has 4 rings (SSSR count). The van der Waals surface area contributed by atoms with Crippen LogP contribution in [-0.2, 0) is 6.42 Å². The number of rotatable bonds is 1. The number of nitrogens with two attached hydrogens (primary N) is 1. The van der Waals surface area contributed by atoms with Gasteiger partial charge in [0.1, 0.15) is 5.75 Å². The third-order valence-electron chi connectivity index (χ3n) is 4.65. The minimum absolute atomic E-state index is 0.218. The topological polar surface area (TPSA) is 40.2 Å². The molecule has 0 spiro atoms. The first-order valence-corrected chi connectivity index (χ1v) is 7.51. The molecule has 1 aromatic heterocycles. The Labute approximate surface area is 119 Å². The number of hydrogen-bond donors (Lipinski definition) is 1. The van der Waals surface area contributed by atoms with E-state index in [0.29, 0.717) is 6.04 Å². The van der Waals surface area contributed by atoms with Crippen molar-refractivity contribution in [3.8, 4) is 5.75 Å². The Morgan fingerprint density at radius 2 is 2.00 bits per heavy atom. The van der Waals surface area contributed by atoms with Crippen molar-refractivity contribution in [1.29, 1.82) is 0 Å². The Bertz CT molecular complexity index is 632. The van der Waals surface area contributed by atoms with Gasteiger partial charge in [0.25, 0.3) is 0 Å². The van der Waals surface area contributed by atoms with Gasteiger partial charge in [-0.2, -0.15) is 0 Å². The summed E-state index contributed by atoms with van der Waals surface area (Å²) in [6, 6.07) is 11.2. The lowest BCUT2D eigenvalue weighted by Gasteiger charge is -2.30. The van der Waals surface area contributed by atoms with Crippen molar-refractivity contribution in [1.82, 2.24) is 4.57 Å². The number of ether oxygens (including phenoxy) is 1. The molecule has 2 aliphatic rings. The van der Waals surface area contributed by atoms with Gasteiger partial charge in [-0.1, -0.05) is 18.2 Å². The van der Waals surface area contributed by atoms with E-state index in [0.717, 1.165) is 31.6 Å². The second kappa shape index (κ2) is 4.67. The highest BCUT2D eigenvalue weighted by Crippen LogP contribution is 2.38. The zero-order valence-corrected chi connectivity index (χ0v) is 11.6. The Hall–Kier alpha value is -1.74. The highest BCUT2D eigenvalue weighted by atomic mass is 16.5. The maximum absolute atomic E-state index is 6.25. The van der Waals surface area contributed by atoms with Crippen LogP contribution in [0.1, 0.15) is 48.2 Å². The SMILES string of the molecule is NC1CCCc2c1ccn2C1CCOc2ccccc21. The molecule has 1 aromatic carbocycles. The van der Waals surface area contributed by atoms with Crippen molar-refractivity contribution in [2.24, 2.45) is 5.73 Å². The van der Waals surface area contributed by atoms with Crippen molar-refractivity contribution in [2.75, 3.05) is 6.61 Å². The van der Waals surface area contributed by atoms with Crippen LogP contribution in [0.3, 0.4) is 0 Å². The lowest BCUT2D eigenvalue weighted by atomic mass is 9.92. The molecule has 2 unspecified atom stereocenters. The van der Waals surface area contributed by atoms with Crippen LogP contribution in [0.25, 0.3) is 0 Å². The third kappa shape index (κ3) is 1.77. The van der Waals surface area contributed by atoms with Crippen LogP contribution in [0.15, 0.2) is 36.5 Å². The van der Waals surface area contributed by atoms with Gasteiger partial charge in [-0.25, -0.2) is 0 Å². The van der Waals surface area contributed by atoms with Crippen LogP contribution < -0.4 is 10.5 Å². The zero-order valence-electron chi connectivity index (χ0n) is 11.6. The third-order valence-corrected chi connectivity index (χ3v) is 4.65. The normalized spacial score (nSPS) is 24.6. The summed E-state index contributed by atoms with van der Waals surface area (Å²) in [5, 5.41) is 0. The van der Waals surface area contributed by atoms with E-state index < -0.39 is 0 Å². The summed E-state index contributed by atoms with van der Waals surface area (Å²) in [4.78, 5) is 0. The number of para-hydroxylation sites is 1. The fourth-order valence-electron chi connectivity index (χ4n) is 3.66. The average molecular weight is 268 g/mol. The predicted octanol–water partition coefficient (Wildman–Crippen LogP) is 3.20. The first-order valence-electron chi connectivity index (χ1n) is 7.51. The van der Waals surface area contributed by atoms with Crippen molar-refractivity contribution >= 4 is 0 Å². The van der Waals surface area contributed by atoms with Gasteiger partial charge in [0, 0.05) is 29.9 Å². The fourth-order valence-corrected chi connectivity index (χ4v) is 3.66. The van der Waals surface area contributed by atoms with Gasteiger partial charge in [0.15, 0.2) is 0 Å². The summed E-state index contributed by atoms with van der Waals surface area (Å²) < 4.78 is 8.22. The molecule has 2 aromatic rings. The van der Waals surface area contributed by atoms with E-state index in [1.807, 2.05) is 6.07 Å². The van der Waals surface area contributed by atoms with Crippen LogP contribution in [0, 0.1) is 0 Å². The second-order valence-corrected chi connectivity index (χ2v) is 5.81. The second-order valence-electron chi connectivity index (χ2n) is 5.81. The van der Waals surface area contributed by atoms with Gasteiger partial charge in [0.05, 0.1) is 12.6 Å². The monoisotopic (exact) mass is 268 g/mol. The Morgan fingerprint density at radius 3 is 2.95 bits per heavy atom. The molecule has 3 nitrogen and oxygen atoms in total. The fraction of sp³-hybridized carbons (Fsp3) is 0.412. The van der Waals surface area contributed by atoms with E-state index in [9.17, 15) is 0 Å². The first-order chi connectivity index (χ1) is 9.84. The van der Waals surface area contributed by atoms with Crippen LogP contribution in [-0.4, -0.2) is 11.2 Å². The largest absolute Gasteiger partial charge is 0.493 e. The lowest BCUT2D eigenvalue weighted by molar-refractivity contribution is 0.254. The van der Waals surface area contributed by atoms with Crippen molar-refractivity contribution < 1.29 is 4.74 Å². The van der Waals surface area contributed by atoms with Crippen LogP contribution >= 0.6 is 0 Å². The van der Waals surface area contributed by atoms with E-state index in [1.54, 1.807) is 0 Å². The molecule has 0 fully saturated rings. The summed E-state index contributed by atoms with van der Waals surface area (Å²) >= 11 is 0. The number of aromatic nitrogens is 1. The summed E-state index contributed by atoms with van der Waals surface area (Å²) in [7, 11) is 0. The zero-order chi connectivity index (χ0) is 13.5.